The van der Waals surface area contributed by atoms with Crippen molar-refractivity contribution in [3.05, 3.63) is 34.9 Å². The number of nitrogens with zero attached hydrogens (tertiary/aromatic N) is 2. The predicted molar refractivity (Wildman–Crippen MR) is 77.7 cm³/mol. The Labute approximate surface area is 128 Å². The van der Waals surface area contributed by atoms with Crippen molar-refractivity contribution in [3.8, 4) is 0 Å². The van der Waals surface area contributed by atoms with Gasteiger partial charge in [0.2, 0.25) is 10.0 Å². The van der Waals surface area contributed by atoms with Gasteiger partial charge in [0.1, 0.15) is 0 Å². The van der Waals surface area contributed by atoms with E-state index in [9.17, 15) is 13.2 Å². The van der Waals surface area contributed by atoms with Crippen molar-refractivity contribution in [2.75, 3.05) is 19.6 Å². The Morgan fingerprint density at radius 3 is 2.38 bits per heavy atom. The number of halogens is 1. The Morgan fingerprint density at radius 2 is 1.90 bits per heavy atom. The van der Waals surface area contributed by atoms with Crippen LogP contribution in [0.2, 0.25) is 5.02 Å². The Balaban J connectivity index is 1.71. The van der Waals surface area contributed by atoms with Gasteiger partial charge in [0.05, 0.1) is 11.3 Å². The van der Waals surface area contributed by atoms with E-state index >= 15 is 0 Å². The number of likely N-dealkylation sites (tertiary alicyclic amines) is 1. The van der Waals surface area contributed by atoms with Gasteiger partial charge >= 0.3 is 6.09 Å². The normalized spacial score (nSPS) is 20.9. The lowest BCUT2D eigenvalue weighted by Gasteiger charge is -2.60. The van der Waals surface area contributed by atoms with E-state index in [1.54, 1.807) is 24.3 Å². The first-order valence-electron chi connectivity index (χ1n) is 6.55. The maximum absolute atomic E-state index is 12.5. The van der Waals surface area contributed by atoms with Crippen LogP contribution in [0.3, 0.4) is 0 Å². The van der Waals surface area contributed by atoms with E-state index in [2.05, 4.69) is 0 Å². The highest BCUT2D eigenvalue weighted by atomic mass is 35.5. The van der Waals surface area contributed by atoms with Gasteiger partial charge in [-0.05, 0) is 24.1 Å². The Hall–Kier alpha value is -1.31. The zero-order chi connectivity index (χ0) is 15.3. The van der Waals surface area contributed by atoms with E-state index in [4.69, 9.17) is 16.7 Å². The molecule has 1 N–H and O–H groups in total. The molecule has 2 heterocycles. The molecule has 0 atom stereocenters. The average molecular weight is 331 g/mol. The number of hydrogen-bond donors (Lipinski definition) is 1. The Kier molecular flexibility index (Phi) is 3.38. The summed E-state index contributed by atoms with van der Waals surface area (Å²) in [6.07, 6.45) is -0.279. The topological polar surface area (TPSA) is 77.9 Å². The lowest BCUT2D eigenvalue weighted by Crippen LogP contribution is -2.78. The summed E-state index contributed by atoms with van der Waals surface area (Å²) in [5.41, 5.74) is 0.166. The molecule has 1 aromatic carbocycles. The van der Waals surface area contributed by atoms with Crippen molar-refractivity contribution in [1.29, 1.82) is 0 Å². The van der Waals surface area contributed by atoms with Crippen molar-refractivity contribution >= 4 is 27.7 Å². The first-order chi connectivity index (χ1) is 9.82. The molecule has 0 radical (unpaired) electrons. The molecule has 2 saturated heterocycles. The molecule has 114 valence electrons. The third-order valence-electron chi connectivity index (χ3n) is 4.15. The summed E-state index contributed by atoms with van der Waals surface area (Å²) >= 11 is 5.79. The fourth-order valence-corrected chi connectivity index (χ4v) is 5.00. The van der Waals surface area contributed by atoms with Crippen molar-refractivity contribution < 1.29 is 18.3 Å². The van der Waals surface area contributed by atoms with Crippen LogP contribution in [0.4, 0.5) is 4.79 Å². The largest absolute Gasteiger partial charge is 0.465 e. The van der Waals surface area contributed by atoms with E-state index < -0.39 is 21.7 Å². The van der Waals surface area contributed by atoms with Crippen molar-refractivity contribution in [3.63, 3.8) is 0 Å². The van der Waals surface area contributed by atoms with Crippen LogP contribution in [0.15, 0.2) is 24.3 Å². The summed E-state index contributed by atoms with van der Waals surface area (Å²) in [5, 5.41) is 9.44. The van der Waals surface area contributed by atoms with E-state index in [1.165, 1.54) is 9.21 Å². The third-order valence-corrected chi connectivity index (χ3v) is 6.34. The third kappa shape index (κ3) is 2.49. The van der Waals surface area contributed by atoms with Crippen LogP contribution in [0, 0.1) is 0 Å². The first kappa shape index (κ1) is 14.6. The van der Waals surface area contributed by atoms with Gasteiger partial charge in [-0.3, -0.25) is 0 Å². The molecule has 21 heavy (non-hydrogen) atoms. The van der Waals surface area contributed by atoms with Gasteiger partial charge in [-0.15, -0.1) is 0 Å². The minimum Gasteiger partial charge on any atom is -0.465 e. The monoisotopic (exact) mass is 330 g/mol. The van der Waals surface area contributed by atoms with Gasteiger partial charge in [-0.25, -0.2) is 13.2 Å². The predicted octanol–water partition coefficient (Wildman–Crippen LogP) is 1.61. The lowest BCUT2D eigenvalue weighted by molar-refractivity contribution is -0.0599. The number of amides is 1. The van der Waals surface area contributed by atoms with Crippen LogP contribution in [-0.4, -0.2) is 54.0 Å². The second-order valence-electron chi connectivity index (χ2n) is 5.57. The van der Waals surface area contributed by atoms with E-state index in [0.29, 0.717) is 17.1 Å². The highest BCUT2D eigenvalue weighted by Crippen LogP contribution is 2.41. The second kappa shape index (κ2) is 4.86. The summed E-state index contributed by atoms with van der Waals surface area (Å²) in [5.74, 6) is -0.0843. The van der Waals surface area contributed by atoms with Crippen LogP contribution in [-0.2, 0) is 15.8 Å². The minimum atomic E-state index is -3.44. The maximum atomic E-state index is 12.5. The summed E-state index contributed by atoms with van der Waals surface area (Å²) in [7, 11) is -3.44. The molecule has 0 unspecified atom stereocenters. The molecule has 0 aromatic heterocycles. The van der Waals surface area contributed by atoms with Gasteiger partial charge in [-0.2, -0.15) is 4.31 Å². The van der Waals surface area contributed by atoms with Crippen molar-refractivity contribution in [2.45, 2.75) is 17.7 Å². The Morgan fingerprint density at radius 1 is 1.29 bits per heavy atom. The SMILES string of the molecule is O=C(O)N1CC2(CCN2S(=O)(=O)Cc2ccc(Cl)cc2)C1. The van der Waals surface area contributed by atoms with Crippen LogP contribution in [0.25, 0.3) is 0 Å². The Bertz CT molecular complexity index is 668. The molecule has 0 saturated carbocycles. The summed E-state index contributed by atoms with van der Waals surface area (Å²) in [6.45, 7) is 0.994. The average Bonchev–Trinajstić information content (AvgIpc) is 2.27. The molecule has 2 aliphatic rings. The van der Waals surface area contributed by atoms with E-state index in [-0.39, 0.29) is 18.8 Å². The number of benzene rings is 1. The molecular weight excluding hydrogens is 316 g/mol. The van der Waals surface area contributed by atoms with Crippen molar-refractivity contribution in [1.82, 2.24) is 9.21 Å². The zero-order valence-corrected chi connectivity index (χ0v) is 12.8. The van der Waals surface area contributed by atoms with Crippen LogP contribution in [0.5, 0.6) is 0 Å². The molecule has 1 spiro atoms. The molecule has 0 aliphatic carbocycles. The molecular formula is C13H15ClN2O4S. The molecule has 1 aromatic rings. The second-order valence-corrected chi connectivity index (χ2v) is 7.90. The fourth-order valence-electron chi connectivity index (χ4n) is 2.94. The molecule has 6 nitrogen and oxygen atoms in total. The minimum absolute atomic E-state index is 0.0843. The number of rotatable bonds is 3. The number of carboxylic acid groups (broad SMARTS) is 1. The van der Waals surface area contributed by atoms with Gasteiger partial charge in [0.15, 0.2) is 0 Å². The highest BCUT2D eigenvalue weighted by molar-refractivity contribution is 7.88. The number of carbonyl (C=O) groups is 1. The van der Waals surface area contributed by atoms with E-state index in [1.807, 2.05) is 0 Å². The number of sulfonamides is 1. The first-order valence-corrected chi connectivity index (χ1v) is 8.54. The maximum Gasteiger partial charge on any atom is 0.407 e. The fraction of sp³-hybridized carbons (Fsp3) is 0.462. The van der Waals surface area contributed by atoms with Gasteiger partial charge in [0, 0.05) is 24.7 Å². The zero-order valence-electron chi connectivity index (χ0n) is 11.2. The van der Waals surface area contributed by atoms with Crippen LogP contribution < -0.4 is 0 Å². The molecule has 3 rings (SSSR count). The smallest absolute Gasteiger partial charge is 0.407 e. The van der Waals surface area contributed by atoms with Gasteiger partial charge < -0.3 is 10.0 Å². The highest BCUT2D eigenvalue weighted by Gasteiger charge is 2.59. The quantitative estimate of drug-likeness (QED) is 0.913. The van der Waals surface area contributed by atoms with Crippen molar-refractivity contribution in [2.24, 2.45) is 0 Å². The van der Waals surface area contributed by atoms with E-state index in [0.717, 1.165) is 6.42 Å². The molecule has 2 aliphatic heterocycles. The van der Waals surface area contributed by atoms with Crippen LogP contribution >= 0.6 is 11.6 Å². The molecule has 1 amide bonds. The summed E-state index contributed by atoms with van der Waals surface area (Å²) in [6, 6.07) is 6.70. The van der Waals surface area contributed by atoms with Crippen LogP contribution in [0.1, 0.15) is 12.0 Å². The molecule has 8 heteroatoms. The molecule has 0 bridgehead atoms. The summed E-state index contributed by atoms with van der Waals surface area (Å²) in [4.78, 5) is 12.1. The lowest BCUT2D eigenvalue weighted by atomic mass is 9.80. The van der Waals surface area contributed by atoms with Gasteiger partial charge in [0.25, 0.3) is 0 Å². The molecule has 2 fully saturated rings. The standard InChI is InChI=1S/C13H15ClN2O4S/c14-11-3-1-10(2-4-11)7-21(19,20)16-6-5-13(16)8-15(9-13)12(17)18/h1-4H,5-9H2,(H,17,18). The summed E-state index contributed by atoms with van der Waals surface area (Å²) < 4.78 is 26.4. The van der Waals surface area contributed by atoms with Gasteiger partial charge in [-0.1, -0.05) is 23.7 Å². The number of hydrogen-bond acceptors (Lipinski definition) is 3.